The molecule has 11 heteroatoms. The summed E-state index contributed by atoms with van der Waals surface area (Å²) in [4.78, 5) is 12.5. The summed E-state index contributed by atoms with van der Waals surface area (Å²) in [5.41, 5.74) is -1.22. The minimum atomic E-state index is -3.84. The van der Waals surface area contributed by atoms with Gasteiger partial charge in [-0.2, -0.15) is 14.0 Å². The van der Waals surface area contributed by atoms with Crippen LogP contribution in [0, 0.1) is 34.4 Å². The molecule has 38 heavy (non-hydrogen) atoms. The summed E-state index contributed by atoms with van der Waals surface area (Å²) >= 11 is 0. The number of phenols is 1. The van der Waals surface area contributed by atoms with E-state index in [9.17, 15) is 28.3 Å². The van der Waals surface area contributed by atoms with Crippen molar-refractivity contribution in [1.82, 2.24) is 10.6 Å². The van der Waals surface area contributed by atoms with Crippen molar-refractivity contribution in [2.45, 2.75) is 50.2 Å². The first-order valence-electron chi connectivity index (χ1n) is 12.4. The number of rotatable bonds is 13. The van der Waals surface area contributed by atoms with Crippen LogP contribution in [0.15, 0.2) is 48.5 Å². The van der Waals surface area contributed by atoms with Crippen molar-refractivity contribution in [3.05, 3.63) is 59.9 Å². The Balaban J connectivity index is 1.47. The van der Waals surface area contributed by atoms with E-state index in [2.05, 4.69) is 21.4 Å². The number of nitrogens with zero attached hydrogens (tertiary/aromatic N) is 1. The van der Waals surface area contributed by atoms with E-state index in [-0.39, 0.29) is 23.0 Å². The number of carbonyl (C=O) groups is 1. The average Bonchev–Trinajstić information content (AvgIpc) is 3.80. The Morgan fingerprint density at radius 3 is 2.37 bits per heavy atom. The van der Waals surface area contributed by atoms with Crippen molar-refractivity contribution in [3.63, 3.8) is 0 Å². The van der Waals surface area contributed by atoms with Gasteiger partial charge in [0.2, 0.25) is 0 Å². The lowest BCUT2D eigenvalue weighted by Crippen LogP contribution is -2.51. The Hall–Kier alpha value is -3.39. The van der Waals surface area contributed by atoms with Crippen LogP contribution in [0.1, 0.15) is 42.5 Å². The maximum absolute atomic E-state index is 15.7. The summed E-state index contributed by atoms with van der Waals surface area (Å²) in [6, 6.07) is 10.3. The summed E-state index contributed by atoms with van der Waals surface area (Å²) in [5, 5.41) is 24.3. The number of alkyl halides is 4. The fourth-order valence-electron chi connectivity index (χ4n) is 4.88. The monoisotopic (exact) mass is 537 g/mol. The smallest absolute Gasteiger partial charge is 0.410 e. The molecule has 2 aliphatic rings. The second-order valence-electron chi connectivity index (χ2n) is 10.0. The lowest BCUT2D eigenvalue weighted by molar-refractivity contribution is -0.174. The largest absolute Gasteiger partial charge is 0.507 e. The normalized spacial score (nSPS) is 18.2. The fraction of sp³-hybridized carbons (Fsp3) is 0.481. The molecule has 2 saturated carbocycles. The van der Waals surface area contributed by atoms with Crippen molar-refractivity contribution in [2.75, 3.05) is 13.1 Å². The number of carbonyl (C=O) groups excluding carboxylic acids is 1. The average molecular weight is 538 g/mol. The van der Waals surface area contributed by atoms with E-state index < -0.39 is 60.6 Å². The van der Waals surface area contributed by atoms with Gasteiger partial charge >= 0.3 is 6.11 Å². The van der Waals surface area contributed by atoms with Gasteiger partial charge in [-0.05, 0) is 68.0 Å². The number of amides is 1. The van der Waals surface area contributed by atoms with E-state index in [1.165, 1.54) is 24.3 Å². The predicted molar refractivity (Wildman–Crippen MR) is 127 cm³/mol. The van der Waals surface area contributed by atoms with Crippen LogP contribution in [0.4, 0.5) is 22.0 Å². The quantitative estimate of drug-likeness (QED) is 0.304. The third-order valence-corrected chi connectivity index (χ3v) is 7.01. The Kier molecular flexibility index (Phi) is 7.83. The van der Waals surface area contributed by atoms with E-state index >= 15 is 8.78 Å². The summed E-state index contributed by atoms with van der Waals surface area (Å²) in [5.74, 6) is -6.91. The summed E-state index contributed by atoms with van der Waals surface area (Å²) < 4.78 is 78.1. The maximum atomic E-state index is 15.7. The zero-order valence-corrected chi connectivity index (χ0v) is 20.4. The Labute approximate surface area is 216 Å². The Morgan fingerprint density at radius 2 is 1.79 bits per heavy atom. The van der Waals surface area contributed by atoms with Gasteiger partial charge in [0.1, 0.15) is 23.9 Å². The Morgan fingerprint density at radius 1 is 1.13 bits per heavy atom. The first-order chi connectivity index (χ1) is 17.9. The molecule has 2 atom stereocenters. The lowest BCUT2D eigenvalue weighted by atomic mass is 9.78. The first kappa shape index (κ1) is 27.6. The van der Waals surface area contributed by atoms with Crippen molar-refractivity contribution < 1.29 is 36.6 Å². The third-order valence-electron chi connectivity index (χ3n) is 7.01. The van der Waals surface area contributed by atoms with Crippen molar-refractivity contribution >= 4 is 5.91 Å². The van der Waals surface area contributed by atoms with Crippen LogP contribution < -0.4 is 15.4 Å². The minimum absolute atomic E-state index is 0.0970. The van der Waals surface area contributed by atoms with Crippen LogP contribution in [0.5, 0.6) is 11.5 Å². The molecule has 3 N–H and O–H groups in total. The van der Waals surface area contributed by atoms with E-state index in [4.69, 9.17) is 0 Å². The zero-order chi connectivity index (χ0) is 27.6. The molecule has 0 bridgehead atoms. The number of benzene rings is 2. The molecule has 2 aliphatic carbocycles. The van der Waals surface area contributed by atoms with Crippen molar-refractivity contribution in [3.8, 4) is 17.6 Å². The van der Waals surface area contributed by atoms with E-state index in [1.807, 2.05) is 0 Å². The van der Waals surface area contributed by atoms with Crippen LogP contribution >= 0.6 is 0 Å². The molecule has 0 aromatic heterocycles. The molecule has 2 aromatic carbocycles. The molecule has 2 aromatic rings. The zero-order valence-electron chi connectivity index (χ0n) is 20.4. The van der Waals surface area contributed by atoms with Crippen LogP contribution in [-0.2, 0) is 0 Å². The van der Waals surface area contributed by atoms with Gasteiger partial charge < -0.3 is 20.5 Å². The van der Waals surface area contributed by atoms with Crippen LogP contribution in [0.2, 0.25) is 0 Å². The van der Waals surface area contributed by atoms with E-state index in [0.29, 0.717) is 25.7 Å². The second kappa shape index (κ2) is 10.8. The molecular weight excluding hydrogens is 509 g/mol. The first-order valence-corrected chi connectivity index (χ1v) is 12.4. The number of ether oxygens (including phenoxy) is 1. The van der Waals surface area contributed by atoms with Gasteiger partial charge in [0, 0.05) is 24.9 Å². The topological polar surface area (TPSA) is 94.4 Å². The van der Waals surface area contributed by atoms with Crippen molar-refractivity contribution in [2.24, 2.45) is 17.3 Å². The van der Waals surface area contributed by atoms with Crippen LogP contribution in [-0.4, -0.2) is 42.2 Å². The van der Waals surface area contributed by atoms with Crippen LogP contribution in [0.3, 0.4) is 0 Å². The van der Waals surface area contributed by atoms with Gasteiger partial charge in [-0.25, -0.2) is 13.2 Å². The second-order valence-corrected chi connectivity index (χ2v) is 10.0. The number of halogens is 5. The van der Waals surface area contributed by atoms with Gasteiger partial charge in [-0.3, -0.25) is 4.79 Å². The van der Waals surface area contributed by atoms with Gasteiger partial charge in [0.25, 0.3) is 11.8 Å². The molecule has 0 radical (unpaired) electrons. The van der Waals surface area contributed by atoms with E-state index in [0.717, 1.165) is 24.3 Å². The summed E-state index contributed by atoms with van der Waals surface area (Å²) in [6.45, 7) is -1.62. The number of hydrogen-bond donors (Lipinski definition) is 3. The molecule has 0 saturated heterocycles. The van der Waals surface area contributed by atoms with Crippen LogP contribution in [0.25, 0.3) is 0 Å². The minimum Gasteiger partial charge on any atom is -0.507 e. The van der Waals surface area contributed by atoms with Gasteiger partial charge in [-0.15, -0.1) is 0 Å². The molecule has 2 unspecified atom stereocenters. The molecule has 4 rings (SSSR count). The third kappa shape index (κ3) is 6.72. The molecule has 6 nitrogen and oxygen atoms in total. The molecular formula is C27H28F5N3O3. The molecule has 1 amide bonds. The highest BCUT2D eigenvalue weighted by Crippen LogP contribution is 2.63. The molecule has 204 valence electrons. The number of para-hydroxylation sites is 1. The van der Waals surface area contributed by atoms with Gasteiger partial charge in [-0.1, -0.05) is 12.1 Å². The SMILES string of the molecule is N#CC1(C(C2CC2)C(F)(F)CC(CNC(=O)c2ccccc2O)NCC(F)(F)Oc2ccc(F)cc2)CC1. The van der Waals surface area contributed by atoms with Gasteiger partial charge in [0.15, 0.2) is 0 Å². The molecule has 0 aliphatic heterocycles. The lowest BCUT2D eigenvalue weighted by Gasteiger charge is -2.34. The number of nitriles is 1. The Bertz CT molecular complexity index is 1180. The number of phenolic OH excluding ortho intramolecular Hbond substituents is 1. The standard InChI is InChI=1S/C27H28F5N3O3/c28-18-7-9-20(10-8-18)38-27(31,32)16-35-19(14-34-24(37)21-3-1-2-4-22(21)36)13-26(29,30)23(17-5-6-17)25(15-33)11-12-25/h1-4,7-10,17,19,23,35-36H,5-6,11-14,16H2,(H,34,37). The van der Waals surface area contributed by atoms with Gasteiger partial charge in [0.05, 0.1) is 17.0 Å². The highest BCUT2D eigenvalue weighted by Gasteiger charge is 2.64. The number of aromatic hydroxyl groups is 1. The molecule has 2 fully saturated rings. The summed E-state index contributed by atoms with van der Waals surface area (Å²) in [6.07, 6.45) is -2.85. The number of nitrogens with one attached hydrogen (secondary N) is 2. The molecule has 0 heterocycles. The highest BCUT2D eigenvalue weighted by atomic mass is 19.3. The fourth-order valence-corrected chi connectivity index (χ4v) is 4.88. The van der Waals surface area contributed by atoms with E-state index in [1.54, 1.807) is 0 Å². The highest BCUT2D eigenvalue weighted by molar-refractivity contribution is 5.96. The maximum Gasteiger partial charge on any atom is 0.410 e. The number of hydrogen-bond acceptors (Lipinski definition) is 5. The predicted octanol–water partition coefficient (Wildman–Crippen LogP) is 5.25. The summed E-state index contributed by atoms with van der Waals surface area (Å²) in [7, 11) is 0. The molecule has 0 spiro atoms. The van der Waals surface area contributed by atoms with Crippen molar-refractivity contribution in [1.29, 1.82) is 5.26 Å².